The van der Waals surface area contributed by atoms with Crippen molar-refractivity contribution in [3.63, 3.8) is 0 Å². The average Bonchev–Trinajstić information content (AvgIpc) is 2.84. The van der Waals surface area contributed by atoms with Crippen molar-refractivity contribution in [2.75, 3.05) is 43.0 Å². The van der Waals surface area contributed by atoms with Gasteiger partial charge in [-0.25, -0.2) is 8.42 Å². The molecule has 1 N–H and O–H groups in total. The molecule has 7 nitrogen and oxygen atoms in total. The van der Waals surface area contributed by atoms with Gasteiger partial charge in [0.25, 0.3) is 15.9 Å². The van der Waals surface area contributed by atoms with Gasteiger partial charge < -0.3 is 14.5 Å². The van der Waals surface area contributed by atoms with Gasteiger partial charge in [0.2, 0.25) is 0 Å². The third-order valence-corrected chi connectivity index (χ3v) is 7.50. The molecule has 35 heavy (non-hydrogen) atoms. The number of ether oxygens (including phenoxy) is 1. The fraction of sp³-hybridized carbons (Fsp3) is 0.296. The first-order valence-corrected chi connectivity index (χ1v) is 13.1. The lowest BCUT2D eigenvalue weighted by atomic mass is 10.1. The third-order valence-electron chi connectivity index (χ3n) is 6.12. The van der Waals surface area contributed by atoms with Crippen LogP contribution in [0.5, 0.6) is 0 Å². The number of amides is 1. The summed E-state index contributed by atoms with van der Waals surface area (Å²) >= 11 is 0. The summed E-state index contributed by atoms with van der Waals surface area (Å²) in [5.41, 5.74) is 4.64. The number of carbonyl (C=O) groups is 1. The average molecular weight is 494 g/mol. The van der Waals surface area contributed by atoms with Crippen LogP contribution in [-0.4, -0.2) is 52.6 Å². The van der Waals surface area contributed by atoms with Gasteiger partial charge in [0.05, 0.1) is 18.1 Å². The zero-order valence-electron chi connectivity index (χ0n) is 20.3. The maximum absolute atomic E-state index is 13.4. The maximum atomic E-state index is 13.4. The summed E-state index contributed by atoms with van der Waals surface area (Å²) in [7, 11) is -2.11. The van der Waals surface area contributed by atoms with Crippen molar-refractivity contribution in [2.45, 2.75) is 25.3 Å². The summed E-state index contributed by atoms with van der Waals surface area (Å²) in [5.74, 6) is -0.230. The summed E-state index contributed by atoms with van der Waals surface area (Å²) in [6.07, 6.45) is 0. The number of sulfonamides is 1. The van der Waals surface area contributed by atoms with Gasteiger partial charge in [-0.1, -0.05) is 36.4 Å². The lowest BCUT2D eigenvalue weighted by Crippen LogP contribution is -2.37. The second-order valence-corrected chi connectivity index (χ2v) is 10.5. The van der Waals surface area contributed by atoms with Crippen molar-refractivity contribution in [1.29, 1.82) is 0 Å². The highest BCUT2D eigenvalue weighted by atomic mass is 32.2. The Kier molecular flexibility index (Phi) is 7.42. The van der Waals surface area contributed by atoms with Crippen molar-refractivity contribution in [3.8, 4) is 0 Å². The molecule has 1 aliphatic rings. The molecule has 0 aliphatic carbocycles. The van der Waals surface area contributed by atoms with Crippen molar-refractivity contribution < 1.29 is 17.9 Å². The zero-order chi connectivity index (χ0) is 25.0. The molecular formula is C27H31N3O4S. The molecule has 0 unspecified atom stereocenters. The highest BCUT2D eigenvalue weighted by Crippen LogP contribution is 2.25. The van der Waals surface area contributed by atoms with Gasteiger partial charge in [0, 0.05) is 43.6 Å². The molecule has 3 aromatic carbocycles. The molecule has 3 aromatic rings. The van der Waals surface area contributed by atoms with E-state index in [0.29, 0.717) is 31.0 Å². The second kappa shape index (κ2) is 10.5. The molecule has 1 amide bonds. The molecule has 0 radical (unpaired) electrons. The summed E-state index contributed by atoms with van der Waals surface area (Å²) in [6.45, 7) is 7.09. The van der Waals surface area contributed by atoms with Crippen molar-refractivity contribution in [3.05, 3.63) is 89.0 Å². The second-order valence-electron chi connectivity index (χ2n) is 8.84. The minimum atomic E-state index is -3.85. The van der Waals surface area contributed by atoms with Crippen LogP contribution in [0.15, 0.2) is 71.6 Å². The van der Waals surface area contributed by atoms with E-state index in [4.69, 9.17) is 4.74 Å². The molecule has 1 heterocycles. The Bertz CT molecular complexity index is 1320. The van der Waals surface area contributed by atoms with Crippen LogP contribution >= 0.6 is 0 Å². The lowest BCUT2D eigenvalue weighted by molar-refractivity contribution is 0.0784. The fourth-order valence-electron chi connectivity index (χ4n) is 4.21. The molecule has 184 valence electrons. The Labute approximate surface area is 207 Å². The van der Waals surface area contributed by atoms with Gasteiger partial charge in [-0.15, -0.1) is 0 Å². The third kappa shape index (κ3) is 5.83. The quantitative estimate of drug-likeness (QED) is 0.533. The van der Waals surface area contributed by atoms with Crippen LogP contribution in [-0.2, 0) is 21.3 Å². The van der Waals surface area contributed by atoms with Gasteiger partial charge in [0.15, 0.2) is 0 Å². The molecular weight excluding hydrogens is 462 g/mol. The Morgan fingerprint density at radius 2 is 1.74 bits per heavy atom. The lowest BCUT2D eigenvalue weighted by Gasteiger charge is -2.31. The number of para-hydroxylation sites is 1. The van der Waals surface area contributed by atoms with Gasteiger partial charge in [-0.05, 0) is 60.9 Å². The van der Waals surface area contributed by atoms with Gasteiger partial charge in [-0.2, -0.15) is 0 Å². The van der Waals surface area contributed by atoms with Crippen LogP contribution in [0, 0.1) is 13.8 Å². The molecule has 1 aliphatic heterocycles. The molecule has 1 saturated heterocycles. The van der Waals surface area contributed by atoms with Crippen LogP contribution in [0.2, 0.25) is 0 Å². The van der Waals surface area contributed by atoms with E-state index in [9.17, 15) is 13.2 Å². The largest absolute Gasteiger partial charge is 0.378 e. The standard InChI is InChI=1S/C27H31N3O4S/c1-20-7-6-9-23(17-20)28-35(32,33)24-12-11-21(2)25(18-24)27(31)29(3)19-22-8-4-5-10-26(22)30-13-15-34-16-14-30/h4-12,17-18,28H,13-16,19H2,1-3H3. The molecule has 0 spiro atoms. The van der Waals surface area contributed by atoms with E-state index in [-0.39, 0.29) is 10.8 Å². The first-order chi connectivity index (χ1) is 16.7. The molecule has 1 fully saturated rings. The predicted molar refractivity (Wildman–Crippen MR) is 138 cm³/mol. The van der Waals surface area contributed by atoms with Crippen LogP contribution in [0.1, 0.15) is 27.0 Å². The summed E-state index contributed by atoms with van der Waals surface area (Å²) in [6, 6.07) is 19.9. The maximum Gasteiger partial charge on any atom is 0.261 e. The Morgan fingerprint density at radius 1 is 1.00 bits per heavy atom. The fourth-order valence-corrected chi connectivity index (χ4v) is 5.29. The minimum absolute atomic E-state index is 0.0510. The van der Waals surface area contributed by atoms with E-state index in [1.54, 1.807) is 36.2 Å². The van der Waals surface area contributed by atoms with E-state index in [1.165, 1.54) is 12.1 Å². The van der Waals surface area contributed by atoms with Gasteiger partial charge >= 0.3 is 0 Å². The smallest absolute Gasteiger partial charge is 0.261 e. The minimum Gasteiger partial charge on any atom is -0.378 e. The van der Waals surface area contributed by atoms with E-state index < -0.39 is 10.0 Å². The molecule has 0 atom stereocenters. The Morgan fingerprint density at radius 3 is 2.49 bits per heavy atom. The van der Waals surface area contributed by atoms with Gasteiger partial charge in [-0.3, -0.25) is 9.52 Å². The summed E-state index contributed by atoms with van der Waals surface area (Å²) in [4.78, 5) is 17.4. The number of aryl methyl sites for hydroxylation is 2. The number of anilines is 2. The Hall–Kier alpha value is -3.36. The van der Waals surface area contributed by atoms with E-state index in [1.807, 2.05) is 38.1 Å². The van der Waals surface area contributed by atoms with E-state index >= 15 is 0 Å². The number of rotatable bonds is 7. The highest BCUT2D eigenvalue weighted by Gasteiger charge is 2.22. The predicted octanol–water partition coefficient (Wildman–Crippen LogP) is 4.21. The number of carbonyl (C=O) groups excluding carboxylic acids is 1. The zero-order valence-corrected chi connectivity index (χ0v) is 21.1. The topological polar surface area (TPSA) is 79.0 Å². The van der Waals surface area contributed by atoms with Crippen LogP contribution in [0.3, 0.4) is 0 Å². The van der Waals surface area contributed by atoms with Gasteiger partial charge in [0.1, 0.15) is 0 Å². The summed E-state index contributed by atoms with van der Waals surface area (Å²) < 4.78 is 34.1. The van der Waals surface area contributed by atoms with E-state index in [2.05, 4.69) is 15.7 Å². The first-order valence-electron chi connectivity index (χ1n) is 11.6. The van der Waals surface area contributed by atoms with Crippen molar-refractivity contribution >= 4 is 27.3 Å². The van der Waals surface area contributed by atoms with Crippen LogP contribution in [0.25, 0.3) is 0 Å². The number of hydrogen-bond donors (Lipinski definition) is 1. The molecule has 0 bridgehead atoms. The SMILES string of the molecule is Cc1cccc(NS(=O)(=O)c2ccc(C)c(C(=O)N(C)Cc3ccccc3N3CCOCC3)c2)c1. The van der Waals surface area contributed by atoms with Crippen LogP contribution < -0.4 is 9.62 Å². The van der Waals surface area contributed by atoms with Crippen LogP contribution in [0.4, 0.5) is 11.4 Å². The molecule has 0 saturated carbocycles. The number of nitrogens with one attached hydrogen (secondary N) is 1. The first kappa shape index (κ1) is 24.8. The normalized spacial score (nSPS) is 14.0. The monoisotopic (exact) mass is 493 g/mol. The number of nitrogens with zero attached hydrogens (tertiary/aromatic N) is 2. The number of hydrogen-bond acceptors (Lipinski definition) is 5. The summed E-state index contributed by atoms with van der Waals surface area (Å²) in [5, 5.41) is 0. The number of morpholine rings is 1. The number of benzene rings is 3. The molecule has 0 aromatic heterocycles. The highest BCUT2D eigenvalue weighted by molar-refractivity contribution is 7.92. The van der Waals surface area contributed by atoms with E-state index in [0.717, 1.165) is 35.5 Å². The van der Waals surface area contributed by atoms with Crippen molar-refractivity contribution in [1.82, 2.24) is 4.90 Å². The Balaban J connectivity index is 1.56. The van der Waals surface area contributed by atoms with Crippen molar-refractivity contribution in [2.24, 2.45) is 0 Å². The molecule has 4 rings (SSSR count). The molecule has 8 heteroatoms.